The second-order valence-corrected chi connectivity index (χ2v) is 5.88. The predicted octanol–water partition coefficient (Wildman–Crippen LogP) is 3.92. The largest absolute Gasteiger partial charge is 0.504 e. The van der Waals surface area contributed by atoms with Crippen LogP contribution in [-0.2, 0) is 0 Å². The summed E-state index contributed by atoms with van der Waals surface area (Å²) in [6, 6.07) is 12.7. The Morgan fingerprint density at radius 1 is 0.793 bits per heavy atom. The van der Waals surface area contributed by atoms with Crippen molar-refractivity contribution in [2.45, 2.75) is 0 Å². The summed E-state index contributed by atoms with van der Waals surface area (Å²) in [5.74, 6) is -1.37. The number of nitro groups is 1. The molecule has 29 heavy (non-hydrogen) atoms. The highest BCUT2D eigenvalue weighted by Crippen LogP contribution is 2.33. The number of phenols is 4. The van der Waals surface area contributed by atoms with Gasteiger partial charge in [-0.25, -0.2) is 4.99 Å². The van der Waals surface area contributed by atoms with Gasteiger partial charge in [-0.1, -0.05) is 12.1 Å². The summed E-state index contributed by atoms with van der Waals surface area (Å²) in [7, 11) is 0. The lowest BCUT2D eigenvalue weighted by Gasteiger charge is -2.02. The highest BCUT2D eigenvalue weighted by Gasteiger charge is 2.14. The zero-order valence-corrected chi connectivity index (χ0v) is 14.8. The van der Waals surface area contributed by atoms with E-state index in [-0.39, 0.29) is 51.2 Å². The lowest BCUT2D eigenvalue weighted by Crippen LogP contribution is -1.89. The zero-order chi connectivity index (χ0) is 21.0. The lowest BCUT2D eigenvalue weighted by atomic mass is 10.2. The number of aliphatic imine (C=N–C) groups is 2. The molecule has 146 valence electrons. The molecule has 9 heteroatoms. The van der Waals surface area contributed by atoms with Crippen LogP contribution in [0.5, 0.6) is 23.0 Å². The summed E-state index contributed by atoms with van der Waals surface area (Å²) in [4.78, 5) is 18.9. The van der Waals surface area contributed by atoms with Crippen molar-refractivity contribution in [1.82, 2.24) is 0 Å². The Labute approximate surface area is 164 Å². The molecule has 0 aromatic heterocycles. The second-order valence-electron chi connectivity index (χ2n) is 5.88. The summed E-state index contributed by atoms with van der Waals surface area (Å²) < 4.78 is 0. The monoisotopic (exact) mass is 393 g/mol. The summed E-state index contributed by atoms with van der Waals surface area (Å²) in [5, 5.41) is 49.9. The Kier molecular flexibility index (Phi) is 5.40. The molecule has 0 bridgehead atoms. The van der Waals surface area contributed by atoms with Crippen molar-refractivity contribution in [1.29, 1.82) is 0 Å². The van der Waals surface area contributed by atoms with Gasteiger partial charge in [0.15, 0.2) is 23.0 Å². The summed E-state index contributed by atoms with van der Waals surface area (Å²) in [6.45, 7) is 0. The van der Waals surface area contributed by atoms with E-state index in [9.17, 15) is 30.5 Å². The van der Waals surface area contributed by atoms with Crippen molar-refractivity contribution >= 4 is 29.5 Å². The molecule has 0 unspecified atom stereocenters. The number of nitrogens with zero attached hydrogens (tertiary/aromatic N) is 3. The van der Waals surface area contributed by atoms with Crippen LogP contribution in [0.2, 0.25) is 0 Å². The SMILES string of the molecule is O=[N+]([O-])c1cc(N=Cc2cccc(O)c2O)ccc1N=Cc1cccc(O)c1O. The number of aromatic hydroxyl groups is 4. The predicted molar refractivity (Wildman–Crippen MR) is 107 cm³/mol. The lowest BCUT2D eigenvalue weighted by molar-refractivity contribution is -0.384. The highest BCUT2D eigenvalue weighted by molar-refractivity contribution is 5.88. The normalized spacial score (nSPS) is 11.3. The summed E-state index contributed by atoms with van der Waals surface area (Å²) in [5.41, 5.74) is 0.376. The Bertz CT molecular complexity index is 1140. The number of hydrogen-bond donors (Lipinski definition) is 4. The first-order chi connectivity index (χ1) is 13.9. The van der Waals surface area contributed by atoms with Crippen molar-refractivity contribution < 1.29 is 25.3 Å². The van der Waals surface area contributed by atoms with Crippen LogP contribution in [-0.4, -0.2) is 37.8 Å². The molecular weight excluding hydrogens is 378 g/mol. The molecule has 0 atom stereocenters. The summed E-state index contributed by atoms with van der Waals surface area (Å²) in [6.07, 6.45) is 2.47. The standard InChI is InChI=1S/C20H15N3O6/c24-17-5-1-3-12(19(17)26)10-21-14-7-8-15(16(9-14)23(28)29)22-11-13-4-2-6-18(25)20(13)27/h1-11,24-27H. The van der Waals surface area contributed by atoms with Gasteiger partial charge in [0.2, 0.25) is 0 Å². The van der Waals surface area contributed by atoms with Crippen LogP contribution in [0.15, 0.2) is 64.6 Å². The number of rotatable bonds is 5. The first kappa shape index (κ1) is 19.4. The van der Waals surface area contributed by atoms with Crippen LogP contribution in [0.25, 0.3) is 0 Å². The Morgan fingerprint density at radius 3 is 1.90 bits per heavy atom. The second kappa shape index (κ2) is 8.09. The average Bonchev–Trinajstić information content (AvgIpc) is 2.70. The molecule has 0 saturated carbocycles. The fourth-order valence-corrected chi connectivity index (χ4v) is 2.44. The van der Waals surface area contributed by atoms with Gasteiger partial charge in [-0.3, -0.25) is 15.1 Å². The first-order valence-corrected chi connectivity index (χ1v) is 8.25. The van der Waals surface area contributed by atoms with E-state index in [2.05, 4.69) is 9.98 Å². The van der Waals surface area contributed by atoms with Gasteiger partial charge in [0.05, 0.1) is 10.6 Å². The third kappa shape index (κ3) is 4.30. The minimum atomic E-state index is -0.625. The molecule has 4 N–H and O–H groups in total. The van der Waals surface area contributed by atoms with E-state index >= 15 is 0 Å². The average molecular weight is 393 g/mol. The smallest absolute Gasteiger partial charge is 0.296 e. The molecule has 9 nitrogen and oxygen atoms in total. The molecule has 0 aliphatic heterocycles. The van der Waals surface area contributed by atoms with Crippen molar-refractivity contribution in [3.05, 3.63) is 75.8 Å². The molecule has 0 aliphatic rings. The molecule has 0 radical (unpaired) electrons. The van der Waals surface area contributed by atoms with Crippen LogP contribution in [0.4, 0.5) is 17.1 Å². The molecule has 0 aliphatic carbocycles. The molecular formula is C20H15N3O6. The third-order valence-electron chi connectivity index (χ3n) is 3.94. The van der Waals surface area contributed by atoms with E-state index in [1.165, 1.54) is 67.0 Å². The fourth-order valence-electron chi connectivity index (χ4n) is 2.44. The maximum atomic E-state index is 11.4. The molecule has 3 aromatic rings. The van der Waals surface area contributed by atoms with Gasteiger partial charge in [-0.15, -0.1) is 0 Å². The zero-order valence-electron chi connectivity index (χ0n) is 14.8. The van der Waals surface area contributed by atoms with Crippen LogP contribution in [0.3, 0.4) is 0 Å². The molecule has 0 saturated heterocycles. The van der Waals surface area contributed by atoms with Gasteiger partial charge in [0.1, 0.15) is 5.69 Å². The minimum Gasteiger partial charge on any atom is -0.504 e. The number of nitro benzene ring substituents is 1. The van der Waals surface area contributed by atoms with Gasteiger partial charge in [0.25, 0.3) is 5.69 Å². The van der Waals surface area contributed by atoms with Gasteiger partial charge in [-0.2, -0.15) is 0 Å². The molecule has 0 spiro atoms. The van der Waals surface area contributed by atoms with Crippen LogP contribution < -0.4 is 0 Å². The van der Waals surface area contributed by atoms with Crippen molar-refractivity contribution in [2.75, 3.05) is 0 Å². The van der Waals surface area contributed by atoms with Crippen LogP contribution in [0.1, 0.15) is 11.1 Å². The molecule has 3 rings (SSSR count). The third-order valence-corrected chi connectivity index (χ3v) is 3.94. The van der Waals surface area contributed by atoms with Gasteiger partial charge in [0, 0.05) is 29.6 Å². The van der Waals surface area contributed by atoms with Crippen LogP contribution >= 0.6 is 0 Å². The first-order valence-electron chi connectivity index (χ1n) is 8.25. The van der Waals surface area contributed by atoms with E-state index in [1.807, 2.05) is 0 Å². The number of benzene rings is 3. The maximum absolute atomic E-state index is 11.4. The maximum Gasteiger partial charge on any atom is 0.296 e. The van der Waals surface area contributed by atoms with Crippen molar-refractivity contribution in [2.24, 2.45) is 9.98 Å². The topological polar surface area (TPSA) is 149 Å². The van der Waals surface area contributed by atoms with Gasteiger partial charge >= 0.3 is 0 Å². The Balaban J connectivity index is 1.92. The van der Waals surface area contributed by atoms with Crippen molar-refractivity contribution in [3.63, 3.8) is 0 Å². The number of para-hydroxylation sites is 2. The fraction of sp³-hybridized carbons (Fsp3) is 0. The number of hydrogen-bond acceptors (Lipinski definition) is 8. The van der Waals surface area contributed by atoms with E-state index in [0.717, 1.165) is 0 Å². The Hall–Kier alpha value is -4.40. The van der Waals surface area contributed by atoms with E-state index in [4.69, 9.17) is 0 Å². The highest BCUT2D eigenvalue weighted by atomic mass is 16.6. The van der Waals surface area contributed by atoms with Gasteiger partial charge in [-0.05, 0) is 36.4 Å². The quantitative estimate of drug-likeness (QED) is 0.223. The minimum absolute atomic E-state index is 0.0249. The Morgan fingerprint density at radius 2 is 1.34 bits per heavy atom. The van der Waals surface area contributed by atoms with Crippen LogP contribution in [0, 0.1) is 10.1 Å². The van der Waals surface area contributed by atoms with Gasteiger partial charge < -0.3 is 20.4 Å². The number of phenolic OH excluding ortho intramolecular Hbond substituents is 4. The summed E-state index contributed by atoms with van der Waals surface area (Å²) >= 11 is 0. The van der Waals surface area contributed by atoms with E-state index < -0.39 is 4.92 Å². The van der Waals surface area contributed by atoms with E-state index in [0.29, 0.717) is 0 Å². The molecule has 0 amide bonds. The molecule has 3 aromatic carbocycles. The molecule has 0 heterocycles. The van der Waals surface area contributed by atoms with E-state index in [1.54, 1.807) is 0 Å². The molecule has 0 fully saturated rings. The van der Waals surface area contributed by atoms with Crippen molar-refractivity contribution in [3.8, 4) is 23.0 Å².